The molecule has 1 heterocycles. The second-order valence-corrected chi connectivity index (χ2v) is 7.81. The Bertz CT molecular complexity index is 412. The summed E-state index contributed by atoms with van der Waals surface area (Å²) in [5.41, 5.74) is 0. The zero-order chi connectivity index (χ0) is 15.5. The minimum atomic E-state index is -3.65. The molecule has 1 saturated heterocycles. The van der Waals surface area contributed by atoms with Crippen LogP contribution in [0.5, 0.6) is 0 Å². The largest absolute Gasteiger partial charge is 0.480 e. The lowest BCUT2D eigenvalue weighted by Gasteiger charge is -2.30. The molecule has 1 aliphatic rings. The standard InChI is InChI=1S/C12H22NO5PS/c1-8(2)17-19(16,18-9(3)4)12(20)13-7-5-6-10(13)11(14)15/h8-10H,5-7H2,1-4H3,(H,14,15)/t10-/m0/s1. The molecular formula is C12H22NO5PS. The number of likely N-dealkylation sites (tertiary alicyclic amines) is 1. The molecule has 1 rings (SSSR count). The number of aliphatic carboxylic acids is 1. The van der Waals surface area contributed by atoms with E-state index >= 15 is 0 Å². The van der Waals surface area contributed by atoms with Crippen molar-refractivity contribution >= 4 is 30.5 Å². The number of hydrogen-bond acceptors (Lipinski definition) is 5. The molecule has 6 nitrogen and oxygen atoms in total. The Morgan fingerprint density at radius 1 is 1.30 bits per heavy atom. The second kappa shape index (κ2) is 6.98. The summed E-state index contributed by atoms with van der Waals surface area (Å²) in [7, 11) is -3.65. The van der Waals surface area contributed by atoms with Crippen molar-refractivity contribution in [2.24, 2.45) is 0 Å². The van der Waals surface area contributed by atoms with Gasteiger partial charge in [-0.1, -0.05) is 12.2 Å². The minimum absolute atomic E-state index is 0.0233. The third-order valence-corrected chi connectivity index (χ3v) is 5.75. The molecule has 1 N–H and O–H groups in total. The molecule has 1 atom stereocenters. The van der Waals surface area contributed by atoms with E-state index in [1.54, 1.807) is 27.7 Å². The van der Waals surface area contributed by atoms with E-state index in [1.807, 2.05) is 0 Å². The van der Waals surface area contributed by atoms with E-state index in [-0.39, 0.29) is 16.9 Å². The summed E-state index contributed by atoms with van der Waals surface area (Å²) < 4.78 is 23.7. The van der Waals surface area contributed by atoms with Gasteiger partial charge < -0.3 is 19.1 Å². The van der Waals surface area contributed by atoms with Crippen molar-refractivity contribution in [1.82, 2.24) is 4.90 Å². The van der Waals surface area contributed by atoms with E-state index in [0.29, 0.717) is 19.4 Å². The Morgan fingerprint density at radius 2 is 1.80 bits per heavy atom. The molecule has 116 valence electrons. The summed E-state index contributed by atoms with van der Waals surface area (Å²) in [5.74, 6) is -0.967. The Kier molecular flexibility index (Phi) is 6.13. The number of carboxylic acids is 1. The molecule has 1 aliphatic heterocycles. The average molecular weight is 323 g/mol. The quantitative estimate of drug-likeness (QED) is 0.595. The summed E-state index contributed by atoms with van der Waals surface area (Å²) in [4.78, 5) is 12.7. The number of thiocarbonyl (C=S) groups is 1. The van der Waals surface area contributed by atoms with Gasteiger partial charge in [-0.3, -0.25) is 4.57 Å². The zero-order valence-corrected chi connectivity index (χ0v) is 13.9. The van der Waals surface area contributed by atoms with Crippen molar-refractivity contribution in [3.05, 3.63) is 0 Å². The topological polar surface area (TPSA) is 76.1 Å². The average Bonchev–Trinajstić information content (AvgIpc) is 2.73. The van der Waals surface area contributed by atoms with Gasteiger partial charge in [0.25, 0.3) is 0 Å². The Morgan fingerprint density at radius 3 is 2.20 bits per heavy atom. The van der Waals surface area contributed by atoms with Crippen LogP contribution in [0.4, 0.5) is 0 Å². The van der Waals surface area contributed by atoms with Crippen LogP contribution in [0, 0.1) is 0 Å². The van der Waals surface area contributed by atoms with Gasteiger partial charge in [0.15, 0.2) is 4.73 Å². The predicted octanol–water partition coefficient (Wildman–Crippen LogP) is 2.86. The molecule has 20 heavy (non-hydrogen) atoms. The van der Waals surface area contributed by atoms with E-state index < -0.39 is 19.6 Å². The summed E-state index contributed by atoms with van der Waals surface area (Å²) in [6, 6.07) is -0.748. The SMILES string of the molecule is CC(C)OP(=O)(OC(C)C)C(=S)N1CCC[C@H]1C(=O)O. The van der Waals surface area contributed by atoms with Gasteiger partial charge in [-0.25, -0.2) is 4.79 Å². The second-order valence-electron chi connectivity index (χ2n) is 5.28. The van der Waals surface area contributed by atoms with Crippen molar-refractivity contribution in [2.45, 2.75) is 58.8 Å². The predicted molar refractivity (Wildman–Crippen MR) is 80.0 cm³/mol. The molecule has 0 aromatic rings. The lowest BCUT2D eigenvalue weighted by molar-refractivity contribution is -0.140. The Balaban J connectivity index is 2.98. The fraction of sp³-hybridized carbons (Fsp3) is 0.833. The number of hydrogen-bond donors (Lipinski definition) is 1. The van der Waals surface area contributed by atoms with E-state index in [0.717, 1.165) is 0 Å². The Labute approximate surface area is 125 Å². The molecule has 0 aliphatic carbocycles. The van der Waals surface area contributed by atoms with Crippen LogP contribution in [0.15, 0.2) is 0 Å². The summed E-state index contributed by atoms with van der Waals surface area (Å²) in [5, 5.41) is 9.19. The van der Waals surface area contributed by atoms with Crippen molar-refractivity contribution in [1.29, 1.82) is 0 Å². The van der Waals surface area contributed by atoms with Crippen molar-refractivity contribution < 1.29 is 23.5 Å². The van der Waals surface area contributed by atoms with Gasteiger partial charge in [-0.15, -0.1) is 0 Å². The number of nitrogens with zero attached hydrogens (tertiary/aromatic N) is 1. The number of rotatable bonds is 6. The molecule has 0 amide bonds. The molecule has 0 aromatic carbocycles. The van der Waals surface area contributed by atoms with Crippen LogP contribution in [-0.2, 0) is 18.4 Å². The number of carbonyl (C=O) groups is 1. The highest BCUT2D eigenvalue weighted by molar-refractivity contribution is 7.97. The monoisotopic (exact) mass is 323 g/mol. The van der Waals surface area contributed by atoms with Crippen LogP contribution >= 0.6 is 19.8 Å². The van der Waals surface area contributed by atoms with Crippen LogP contribution < -0.4 is 0 Å². The van der Waals surface area contributed by atoms with Gasteiger partial charge in [0.1, 0.15) is 6.04 Å². The van der Waals surface area contributed by atoms with Crippen LogP contribution in [0.25, 0.3) is 0 Å². The van der Waals surface area contributed by atoms with E-state index in [2.05, 4.69) is 0 Å². The van der Waals surface area contributed by atoms with Gasteiger partial charge in [-0.05, 0) is 40.5 Å². The highest BCUT2D eigenvalue weighted by Crippen LogP contribution is 2.54. The molecular weight excluding hydrogens is 301 g/mol. The van der Waals surface area contributed by atoms with Crippen molar-refractivity contribution in [2.75, 3.05) is 6.54 Å². The lowest BCUT2D eigenvalue weighted by Crippen LogP contribution is -2.40. The Hall–Kier alpha value is -0.490. The van der Waals surface area contributed by atoms with E-state index in [1.165, 1.54) is 4.90 Å². The maximum Gasteiger partial charge on any atom is 0.388 e. The van der Waals surface area contributed by atoms with E-state index in [9.17, 15) is 14.5 Å². The first-order valence-electron chi connectivity index (χ1n) is 6.68. The third-order valence-electron chi connectivity index (χ3n) is 2.72. The highest BCUT2D eigenvalue weighted by Gasteiger charge is 2.43. The van der Waals surface area contributed by atoms with Crippen molar-refractivity contribution in [3.63, 3.8) is 0 Å². The molecule has 1 fully saturated rings. The van der Waals surface area contributed by atoms with Gasteiger partial charge in [-0.2, -0.15) is 0 Å². The first kappa shape index (κ1) is 17.6. The fourth-order valence-electron chi connectivity index (χ4n) is 2.08. The van der Waals surface area contributed by atoms with Crippen LogP contribution in [0.1, 0.15) is 40.5 Å². The maximum absolute atomic E-state index is 12.9. The van der Waals surface area contributed by atoms with Gasteiger partial charge in [0.2, 0.25) is 0 Å². The summed E-state index contributed by atoms with van der Waals surface area (Å²) >= 11 is 5.23. The lowest BCUT2D eigenvalue weighted by atomic mass is 10.2. The summed E-state index contributed by atoms with van der Waals surface area (Å²) in [6.45, 7) is 7.40. The maximum atomic E-state index is 12.9. The normalized spacial score (nSPS) is 19.9. The number of carboxylic acid groups (broad SMARTS) is 1. The summed E-state index contributed by atoms with van der Waals surface area (Å²) in [6.07, 6.45) is 0.520. The van der Waals surface area contributed by atoms with E-state index in [4.69, 9.17) is 21.3 Å². The molecule has 8 heteroatoms. The first-order valence-corrected chi connectivity index (χ1v) is 8.63. The highest BCUT2D eigenvalue weighted by atomic mass is 32.1. The van der Waals surface area contributed by atoms with Gasteiger partial charge in [0.05, 0.1) is 12.2 Å². The van der Waals surface area contributed by atoms with Crippen LogP contribution in [-0.4, -0.2) is 45.5 Å². The van der Waals surface area contributed by atoms with Crippen molar-refractivity contribution in [3.8, 4) is 0 Å². The van der Waals surface area contributed by atoms with Crippen LogP contribution in [0.3, 0.4) is 0 Å². The zero-order valence-electron chi connectivity index (χ0n) is 12.2. The minimum Gasteiger partial charge on any atom is -0.480 e. The molecule has 0 spiro atoms. The molecule has 0 unspecified atom stereocenters. The molecule has 0 aromatic heterocycles. The molecule has 0 bridgehead atoms. The van der Waals surface area contributed by atoms with Gasteiger partial charge >= 0.3 is 13.6 Å². The molecule has 0 radical (unpaired) electrons. The first-order chi connectivity index (χ1) is 9.17. The fourth-order valence-corrected chi connectivity index (χ4v) is 4.45. The smallest absolute Gasteiger partial charge is 0.388 e. The molecule has 0 saturated carbocycles. The third kappa shape index (κ3) is 4.25. The van der Waals surface area contributed by atoms with Crippen LogP contribution in [0.2, 0.25) is 0 Å². The van der Waals surface area contributed by atoms with Gasteiger partial charge in [0, 0.05) is 6.54 Å².